The molecule has 1 aromatic carbocycles. The van der Waals surface area contributed by atoms with Crippen LogP contribution < -0.4 is 10.1 Å². The Balaban J connectivity index is 1.54. The normalized spacial score (nSPS) is 15.7. The summed E-state index contributed by atoms with van der Waals surface area (Å²) in [6.45, 7) is 0.344. The van der Waals surface area contributed by atoms with E-state index in [1.165, 1.54) is 19.3 Å². The van der Waals surface area contributed by atoms with Crippen molar-refractivity contribution >= 4 is 32.7 Å². The van der Waals surface area contributed by atoms with Crippen molar-refractivity contribution in [2.45, 2.75) is 44.6 Å². The molecule has 0 saturated heterocycles. The monoisotopic (exact) mass is 379 g/mol. The van der Waals surface area contributed by atoms with E-state index >= 15 is 0 Å². The molecule has 23 heavy (non-hydrogen) atoms. The van der Waals surface area contributed by atoms with Gasteiger partial charge in [-0.25, -0.2) is 0 Å². The van der Waals surface area contributed by atoms with Crippen LogP contribution in [0.25, 0.3) is 10.9 Å². The fourth-order valence-corrected chi connectivity index (χ4v) is 3.46. The van der Waals surface area contributed by atoms with Gasteiger partial charge in [0.15, 0.2) is 0 Å². The molecule has 124 valence electrons. The summed E-state index contributed by atoms with van der Waals surface area (Å²) in [4.78, 5) is 12.0. The number of fused-ring (bicyclic) bond motifs is 1. The maximum Gasteiger partial charge on any atom is 0.240 e. The molecule has 1 amide bonds. The molecule has 0 spiro atoms. The van der Waals surface area contributed by atoms with Gasteiger partial charge in [0.05, 0.1) is 23.9 Å². The number of benzene rings is 1. The Bertz CT molecular complexity index is 692. The maximum atomic E-state index is 12.0. The molecule has 1 saturated carbocycles. The molecule has 1 aliphatic rings. The van der Waals surface area contributed by atoms with Crippen LogP contribution in [0.5, 0.6) is 5.88 Å². The minimum atomic E-state index is 0.0679. The van der Waals surface area contributed by atoms with E-state index in [0.717, 1.165) is 28.2 Å². The number of aryl methyl sites for hydroxylation is 1. The minimum Gasteiger partial charge on any atom is -0.476 e. The van der Waals surface area contributed by atoms with Crippen molar-refractivity contribution in [3.05, 3.63) is 22.7 Å². The van der Waals surface area contributed by atoms with E-state index in [0.29, 0.717) is 24.9 Å². The third-order valence-corrected chi connectivity index (χ3v) is 4.81. The average molecular weight is 380 g/mol. The van der Waals surface area contributed by atoms with Crippen LogP contribution in [0.2, 0.25) is 0 Å². The lowest BCUT2D eigenvalue weighted by molar-refractivity contribution is -0.122. The Morgan fingerprint density at radius 1 is 1.39 bits per heavy atom. The van der Waals surface area contributed by atoms with Crippen molar-refractivity contribution in [2.24, 2.45) is 7.05 Å². The summed E-state index contributed by atoms with van der Waals surface area (Å²) in [5.41, 5.74) is 1.01. The first kappa shape index (κ1) is 16.3. The number of hydrogen-bond acceptors (Lipinski definition) is 3. The highest BCUT2D eigenvalue weighted by Gasteiger charge is 2.16. The van der Waals surface area contributed by atoms with Crippen molar-refractivity contribution in [3.63, 3.8) is 0 Å². The van der Waals surface area contributed by atoms with Crippen LogP contribution in [-0.2, 0) is 11.8 Å². The number of carbonyl (C=O) groups excluding carboxylic acids is 1. The summed E-state index contributed by atoms with van der Waals surface area (Å²) in [5, 5.41) is 8.44. The number of ether oxygens (including phenoxy) is 1. The zero-order chi connectivity index (χ0) is 16.2. The summed E-state index contributed by atoms with van der Waals surface area (Å²) in [6, 6.07) is 6.31. The zero-order valence-electron chi connectivity index (χ0n) is 13.3. The van der Waals surface area contributed by atoms with E-state index in [2.05, 4.69) is 26.3 Å². The Morgan fingerprint density at radius 2 is 2.17 bits per heavy atom. The number of halogens is 1. The lowest BCUT2D eigenvalue weighted by Gasteiger charge is -2.22. The molecular weight excluding hydrogens is 358 g/mol. The van der Waals surface area contributed by atoms with Gasteiger partial charge in [-0.2, -0.15) is 0 Å². The van der Waals surface area contributed by atoms with Gasteiger partial charge in [-0.15, -0.1) is 5.10 Å². The number of hydrogen-bond donors (Lipinski definition) is 1. The van der Waals surface area contributed by atoms with Gasteiger partial charge in [0.2, 0.25) is 11.8 Å². The molecule has 0 aliphatic heterocycles. The molecule has 1 N–H and O–H groups in total. The minimum absolute atomic E-state index is 0.0679. The highest BCUT2D eigenvalue weighted by molar-refractivity contribution is 9.10. The predicted octanol–water partition coefficient (Wildman–Crippen LogP) is 3.55. The molecule has 0 radical (unpaired) electrons. The topological polar surface area (TPSA) is 56.2 Å². The lowest BCUT2D eigenvalue weighted by atomic mass is 9.95. The Kier molecular flexibility index (Phi) is 5.20. The fraction of sp³-hybridized carbons (Fsp3) is 0.529. The second kappa shape index (κ2) is 7.34. The van der Waals surface area contributed by atoms with Crippen molar-refractivity contribution in [2.75, 3.05) is 6.61 Å². The third kappa shape index (κ3) is 4.05. The summed E-state index contributed by atoms with van der Waals surface area (Å²) in [6.07, 6.45) is 6.30. The Morgan fingerprint density at radius 3 is 2.96 bits per heavy atom. The first-order chi connectivity index (χ1) is 11.1. The summed E-state index contributed by atoms with van der Waals surface area (Å²) < 4.78 is 8.52. The maximum absolute atomic E-state index is 12.0. The third-order valence-electron chi connectivity index (χ3n) is 4.32. The number of rotatable bonds is 5. The van der Waals surface area contributed by atoms with Gasteiger partial charge < -0.3 is 10.1 Å². The number of carbonyl (C=O) groups is 1. The van der Waals surface area contributed by atoms with E-state index in [1.54, 1.807) is 4.68 Å². The molecule has 0 bridgehead atoms. The highest BCUT2D eigenvalue weighted by atomic mass is 79.9. The molecule has 0 atom stereocenters. The smallest absolute Gasteiger partial charge is 0.240 e. The van der Waals surface area contributed by atoms with Gasteiger partial charge in [-0.1, -0.05) is 35.2 Å². The molecule has 5 nitrogen and oxygen atoms in total. The van der Waals surface area contributed by atoms with Gasteiger partial charge in [-0.3, -0.25) is 9.48 Å². The molecule has 2 aromatic rings. The molecule has 1 aliphatic carbocycles. The van der Waals surface area contributed by atoms with Gasteiger partial charge in [0.25, 0.3) is 0 Å². The summed E-state index contributed by atoms with van der Waals surface area (Å²) in [5.74, 6) is 0.646. The SMILES string of the molecule is Cn1nc(OCCC(=O)NC2CCCCC2)c2cc(Br)ccc21. The quantitative estimate of drug-likeness (QED) is 0.863. The van der Waals surface area contributed by atoms with Crippen LogP contribution in [0, 0.1) is 0 Å². The second-order valence-electron chi connectivity index (χ2n) is 6.09. The molecule has 6 heteroatoms. The molecule has 1 heterocycles. The van der Waals surface area contributed by atoms with Crippen molar-refractivity contribution < 1.29 is 9.53 Å². The van der Waals surface area contributed by atoms with Crippen LogP contribution in [0.4, 0.5) is 0 Å². The van der Waals surface area contributed by atoms with E-state index < -0.39 is 0 Å². The number of aromatic nitrogens is 2. The summed E-state index contributed by atoms with van der Waals surface area (Å²) in [7, 11) is 1.89. The fourth-order valence-electron chi connectivity index (χ4n) is 3.10. The van der Waals surface area contributed by atoms with E-state index in [1.807, 2.05) is 25.2 Å². The van der Waals surface area contributed by atoms with E-state index in [-0.39, 0.29) is 5.91 Å². The first-order valence-electron chi connectivity index (χ1n) is 8.18. The Labute approximate surface area is 144 Å². The molecule has 0 unspecified atom stereocenters. The second-order valence-corrected chi connectivity index (χ2v) is 7.01. The molecule has 1 aromatic heterocycles. The van der Waals surface area contributed by atoms with E-state index in [4.69, 9.17) is 4.74 Å². The van der Waals surface area contributed by atoms with Crippen LogP contribution >= 0.6 is 15.9 Å². The predicted molar refractivity (Wildman–Crippen MR) is 93.5 cm³/mol. The van der Waals surface area contributed by atoms with Crippen LogP contribution in [0.15, 0.2) is 22.7 Å². The highest BCUT2D eigenvalue weighted by Crippen LogP contribution is 2.27. The van der Waals surface area contributed by atoms with Gasteiger partial charge in [-0.05, 0) is 31.0 Å². The zero-order valence-corrected chi connectivity index (χ0v) is 14.9. The number of nitrogens with one attached hydrogen (secondary N) is 1. The van der Waals surface area contributed by atoms with Gasteiger partial charge >= 0.3 is 0 Å². The van der Waals surface area contributed by atoms with Gasteiger partial charge in [0, 0.05) is 17.6 Å². The first-order valence-corrected chi connectivity index (χ1v) is 8.97. The Hall–Kier alpha value is -1.56. The molecule has 3 rings (SSSR count). The van der Waals surface area contributed by atoms with Gasteiger partial charge in [0.1, 0.15) is 0 Å². The van der Waals surface area contributed by atoms with Crippen molar-refractivity contribution in [1.82, 2.24) is 15.1 Å². The summed E-state index contributed by atoms with van der Waals surface area (Å²) >= 11 is 3.47. The molecular formula is C17H22BrN3O2. The van der Waals surface area contributed by atoms with Crippen molar-refractivity contribution in [3.8, 4) is 5.88 Å². The average Bonchev–Trinajstić information content (AvgIpc) is 2.84. The standard InChI is InChI=1S/C17H22BrN3O2/c1-21-15-8-7-12(18)11-14(15)17(20-21)23-10-9-16(22)19-13-5-3-2-4-6-13/h7-8,11,13H,2-6,9-10H2,1H3,(H,19,22). The van der Waals surface area contributed by atoms with Crippen molar-refractivity contribution in [1.29, 1.82) is 0 Å². The van der Waals surface area contributed by atoms with Crippen LogP contribution in [0.1, 0.15) is 38.5 Å². The number of amides is 1. The lowest BCUT2D eigenvalue weighted by Crippen LogP contribution is -2.36. The largest absolute Gasteiger partial charge is 0.476 e. The van der Waals surface area contributed by atoms with E-state index in [9.17, 15) is 4.79 Å². The van der Waals surface area contributed by atoms with Crippen LogP contribution in [0.3, 0.4) is 0 Å². The molecule has 1 fully saturated rings. The van der Waals surface area contributed by atoms with Crippen LogP contribution in [-0.4, -0.2) is 28.3 Å². The number of nitrogens with zero attached hydrogens (tertiary/aromatic N) is 2.